The van der Waals surface area contributed by atoms with Crippen molar-refractivity contribution in [2.45, 2.75) is 37.5 Å². The Kier molecular flexibility index (Phi) is 8.52. The molecule has 0 heterocycles. The molecule has 0 aliphatic rings. The fourth-order valence-electron chi connectivity index (χ4n) is 1.38. The van der Waals surface area contributed by atoms with Crippen molar-refractivity contribution in [3.8, 4) is 5.75 Å². The zero-order valence-corrected chi connectivity index (χ0v) is 10.9. The topological polar surface area (TPSA) is 80.7 Å². The Bertz CT molecular complexity index is 495. The van der Waals surface area contributed by atoms with Gasteiger partial charge in [-0.3, -0.25) is 9.35 Å². The fraction of sp³-hybridized carbons (Fsp3) is 0.417. The van der Waals surface area contributed by atoms with E-state index in [-0.39, 0.29) is 46.2 Å². The van der Waals surface area contributed by atoms with Crippen LogP contribution in [0, 0.1) is 0 Å². The van der Waals surface area contributed by atoms with E-state index in [0.29, 0.717) is 6.42 Å². The molecule has 0 saturated carbocycles. The summed E-state index contributed by atoms with van der Waals surface area (Å²) >= 11 is 0. The van der Waals surface area contributed by atoms with Gasteiger partial charge in [0.15, 0.2) is 0 Å². The van der Waals surface area contributed by atoms with Gasteiger partial charge in [0.05, 0.1) is 4.90 Å². The summed E-state index contributed by atoms with van der Waals surface area (Å²) in [6.45, 7) is 2.04. The van der Waals surface area contributed by atoms with Crippen molar-refractivity contribution in [3.05, 3.63) is 24.3 Å². The van der Waals surface area contributed by atoms with Gasteiger partial charge in [0.1, 0.15) is 5.75 Å². The van der Waals surface area contributed by atoms with Gasteiger partial charge in [0.25, 0.3) is 10.1 Å². The van der Waals surface area contributed by atoms with E-state index in [9.17, 15) is 13.2 Å². The Labute approximate surface area is 135 Å². The van der Waals surface area contributed by atoms with Crippen LogP contribution in [0.4, 0.5) is 0 Å². The predicted octanol–water partition coefficient (Wildman–Crippen LogP) is 1.77. The molecule has 19 heavy (non-hydrogen) atoms. The molecule has 0 fully saturated rings. The first-order chi connectivity index (χ1) is 8.43. The van der Waals surface area contributed by atoms with Crippen LogP contribution >= 0.6 is 0 Å². The average Bonchev–Trinajstić information content (AvgIpc) is 2.29. The number of hydrogen-bond acceptors (Lipinski definition) is 4. The van der Waals surface area contributed by atoms with Gasteiger partial charge in [0.2, 0.25) is 0 Å². The van der Waals surface area contributed by atoms with Crippen LogP contribution in [-0.4, -0.2) is 48.5 Å². The van der Waals surface area contributed by atoms with Crippen LogP contribution in [-0.2, 0) is 14.9 Å². The standard InChI is InChI=1S/C12H16O5S.Na.H/c1-2-3-4-5-12(13)17-10-6-8-11(9-7-10)18(14,15)16;;/h6-9H,2-5H2,1H3,(H,14,15,16);;. The van der Waals surface area contributed by atoms with Crippen molar-refractivity contribution in [1.29, 1.82) is 0 Å². The molecule has 0 aliphatic heterocycles. The number of ether oxygens (including phenoxy) is 1. The maximum absolute atomic E-state index is 11.4. The number of esters is 1. The molecule has 0 amide bonds. The molecular formula is C12H17NaO5S. The van der Waals surface area contributed by atoms with Crippen LogP contribution in [0.15, 0.2) is 29.2 Å². The van der Waals surface area contributed by atoms with Gasteiger partial charge in [-0.15, -0.1) is 0 Å². The van der Waals surface area contributed by atoms with Gasteiger partial charge in [-0.2, -0.15) is 8.42 Å². The van der Waals surface area contributed by atoms with Gasteiger partial charge in [0, 0.05) is 6.42 Å². The Morgan fingerprint density at radius 1 is 1.21 bits per heavy atom. The molecule has 0 unspecified atom stereocenters. The fourth-order valence-corrected chi connectivity index (χ4v) is 1.86. The molecule has 7 heteroatoms. The van der Waals surface area contributed by atoms with Crippen molar-refractivity contribution in [3.63, 3.8) is 0 Å². The Balaban J connectivity index is 0.00000324. The van der Waals surface area contributed by atoms with Crippen LogP contribution < -0.4 is 4.74 Å². The predicted molar refractivity (Wildman–Crippen MR) is 73.2 cm³/mol. The summed E-state index contributed by atoms with van der Waals surface area (Å²) in [4.78, 5) is 11.2. The summed E-state index contributed by atoms with van der Waals surface area (Å²) in [5.74, 6) is -0.0769. The summed E-state index contributed by atoms with van der Waals surface area (Å²) in [6.07, 6.45) is 3.11. The SMILES string of the molecule is CCCCCC(=O)Oc1ccc(S(=O)(=O)O)cc1.[NaH]. The molecule has 1 aromatic rings. The summed E-state index contributed by atoms with van der Waals surface area (Å²) in [7, 11) is -4.21. The first-order valence-corrected chi connectivity index (χ1v) is 7.15. The summed E-state index contributed by atoms with van der Waals surface area (Å²) in [5, 5.41) is 0. The van der Waals surface area contributed by atoms with E-state index < -0.39 is 10.1 Å². The van der Waals surface area contributed by atoms with E-state index in [1.165, 1.54) is 24.3 Å². The van der Waals surface area contributed by atoms with E-state index in [0.717, 1.165) is 19.3 Å². The second-order valence-electron chi connectivity index (χ2n) is 3.88. The van der Waals surface area contributed by atoms with Gasteiger partial charge >= 0.3 is 35.5 Å². The molecule has 0 atom stereocenters. The molecule has 0 spiro atoms. The van der Waals surface area contributed by atoms with Crippen molar-refractivity contribution in [1.82, 2.24) is 0 Å². The number of carbonyl (C=O) groups is 1. The first-order valence-electron chi connectivity index (χ1n) is 5.71. The van der Waals surface area contributed by atoms with E-state index in [1.807, 2.05) is 6.92 Å². The van der Waals surface area contributed by atoms with E-state index >= 15 is 0 Å². The number of benzene rings is 1. The van der Waals surface area contributed by atoms with Crippen molar-refractivity contribution in [2.75, 3.05) is 0 Å². The van der Waals surface area contributed by atoms with E-state index in [1.54, 1.807) is 0 Å². The summed E-state index contributed by atoms with van der Waals surface area (Å²) in [6, 6.07) is 5.04. The van der Waals surface area contributed by atoms with E-state index in [2.05, 4.69) is 0 Å². The minimum atomic E-state index is -4.21. The Morgan fingerprint density at radius 2 is 1.79 bits per heavy atom. The normalized spacial score (nSPS) is 10.6. The summed E-state index contributed by atoms with van der Waals surface area (Å²) in [5.41, 5.74) is 0. The number of hydrogen-bond donors (Lipinski definition) is 1. The molecule has 0 aromatic heterocycles. The van der Waals surface area contributed by atoms with Crippen LogP contribution in [0.25, 0.3) is 0 Å². The average molecular weight is 296 g/mol. The van der Waals surface area contributed by atoms with Gasteiger partial charge in [-0.1, -0.05) is 19.8 Å². The molecular weight excluding hydrogens is 279 g/mol. The molecule has 1 rings (SSSR count). The molecule has 0 saturated heterocycles. The van der Waals surface area contributed by atoms with Gasteiger partial charge in [-0.05, 0) is 30.7 Å². The van der Waals surface area contributed by atoms with Crippen LogP contribution in [0.3, 0.4) is 0 Å². The first kappa shape index (κ1) is 18.6. The van der Waals surface area contributed by atoms with Crippen molar-refractivity contribution in [2.24, 2.45) is 0 Å². The zero-order valence-electron chi connectivity index (χ0n) is 10.1. The minimum absolute atomic E-state index is 0. The third kappa shape index (κ3) is 7.08. The third-order valence-electron chi connectivity index (χ3n) is 2.34. The Hall–Kier alpha value is -0.400. The second kappa shape index (κ2) is 8.71. The molecule has 0 radical (unpaired) electrons. The van der Waals surface area contributed by atoms with Crippen molar-refractivity contribution < 1.29 is 22.5 Å². The van der Waals surface area contributed by atoms with Crippen LogP contribution in [0.1, 0.15) is 32.6 Å². The van der Waals surface area contributed by atoms with E-state index in [4.69, 9.17) is 9.29 Å². The maximum atomic E-state index is 11.4. The van der Waals surface area contributed by atoms with Crippen molar-refractivity contribution >= 4 is 45.6 Å². The second-order valence-corrected chi connectivity index (χ2v) is 5.30. The molecule has 5 nitrogen and oxygen atoms in total. The molecule has 0 bridgehead atoms. The number of carbonyl (C=O) groups excluding carboxylic acids is 1. The number of unbranched alkanes of at least 4 members (excludes halogenated alkanes) is 2. The van der Waals surface area contributed by atoms with Crippen LogP contribution in [0.5, 0.6) is 5.75 Å². The Morgan fingerprint density at radius 3 is 2.26 bits per heavy atom. The quantitative estimate of drug-likeness (QED) is 0.284. The monoisotopic (exact) mass is 296 g/mol. The molecule has 102 valence electrons. The molecule has 1 N–H and O–H groups in total. The summed E-state index contributed by atoms with van der Waals surface area (Å²) < 4.78 is 35.4. The van der Waals surface area contributed by atoms with Gasteiger partial charge < -0.3 is 4.74 Å². The number of rotatable bonds is 6. The van der Waals surface area contributed by atoms with Gasteiger partial charge in [-0.25, -0.2) is 0 Å². The van der Waals surface area contributed by atoms with Crippen LogP contribution in [0.2, 0.25) is 0 Å². The third-order valence-corrected chi connectivity index (χ3v) is 3.21. The zero-order chi connectivity index (χ0) is 13.6. The molecule has 1 aromatic carbocycles. The molecule has 0 aliphatic carbocycles.